The molecule has 0 bridgehead atoms. The Morgan fingerprint density at radius 1 is 0.917 bits per heavy atom. The molecule has 0 saturated carbocycles. The molecular weight excluding hydrogens is 444 g/mol. The smallest absolute Gasteiger partial charge is 0.204 e. The average molecular weight is 475 g/mol. The van der Waals surface area contributed by atoms with E-state index in [0.717, 1.165) is 61.4 Å². The Morgan fingerprint density at radius 2 is 1.56 bits per heavy atom. The summed E-state index contributed by atoms with van der Waals surface area (Å²) in [6.07, 6.45) is 3.14. The minimum atomic E-state index is 0.0835. The molecule has 0 amide bonds. The van der Waals surface area contributed by atoms with Crippen molar-refractivity contribution in [3.8, 4) is 12.1 Å². The fraction of sp³-hybridized carbons (Fsp3) is 0.300. The van der Waals surface area contributed by atoms with Crippen molar-refractivity contribution >= 4 is 17.0 Å². The highest BCUT2D eigenvalue weighted by atomic mass is 15.2. The Balaban J connectivity index is 1.25. The lowest BCUT2D eigenvalue weighted by atomic mass is 10.0. The van der Waals surface area contributed by atoms with Crippen LogP contribution in [0.1, 0.15) is 48.1 Å². The van der Waals surface area contributed by atoms with Crippen molar-refractivity contribution in [2.75, 3.05) is 25.0 Å². The number of nitriles is 2. The summed E-state index contributed by atoms with van der Waals surface area (Å²) in [5.74, 6) is 0.907. The molecule has 0 spiro atoms. The number of fused-ring (bicyclic) bond motifs is 1. The zero-order chi connectivity index (χ0) is 24.9. The Bertz CT molecular complexity index is 1400. The van der Waals surface area contributed by atoms with Crippen LogP contribution >= 0.6 is 0 Å². The van der Waals surface area contributed by atoms with Crippen LogP contribution in [0.25, 0.3) is 11.0 Å². The molecule has 1 unspecified atom stereocenters. The normalized spacial score (nSPS) is 15.3. The number of para-hydroxylation sites is 2. The predicted octanol–water partition coefficient (Wildman–Crippen LogP) is 5.51. The molecule has 1 saturated heterocycles. The van der Waals surface area contributed by atoms with Gasteiger partial charge < -0.3 is 14.8 Å². The average Bonchev–Trinajstić information content (AvgIpc) is 3.30. The summed E-state index contributed by atoms with van der Waals surface area (Å²) in [4.78, 5) is 7.49. The summed E-state index contributed by atoms with van der Waals surface area (Å²) in [5, 5.41) is 21.9. The number of nitrogens with one attached hydrogen (secondary N) is 1. The van der Waals surface area contributed by atoms with Gasteiger partial charge in [-0.1, -0.05) is 36.4 Å². The number of aromatic nitrogens is 2. The van der Waals surface area contributed by atoms with Gasteiger partial charge in [-0.25, -0.2) is 4.98 Å². The van der Waals surface area contributed by atoms with Crippen molar-refractivity contribution in [3.05, 3.63) is 95.1 Å². The molecule has 1 N–H and O–H groups in total. The van der Waals surface area contributed by atoms with E-state index in [1.54, 1.807) is 0 Å². The van der Waals surface area contributed by atoms with Crippen LogP contribution in [0.15, 0.2) is 72.8 Å². The van der Waals surface area contributed by atoms with E-state index >= 15 is 0 Å². The second-order valence-electron chi connectivity index (χ2n) is 9.52. The van der Waals surface area contributed by atoms with Crippen molar-refractivity contribution in [1.29, 1.82) is 10.5 Å². The molecule has 0 aliphatic carbocycles. The van der Waals surface area contributed by atoms with Gasteiger partial charge in [-0.3, -0.25) is 0 Å². The summed E-state index contributed by atoms with van der Waals surface area (Å²) in [6.45, 7) is 5.33. The standard InChI is InChI=1S/C30H30N6/c1-22(26-12-10-25(21-32)11-13-26)36-29-5-3-2-4-28(29)34-30(36)33-27-15-18-35(19-16-27)17-14-23-6-8-24(20-31)9-7-23/h2-13,22,27H,14-19H2,1H3,(H,33,34). The van der Waals surface area contributed by atoms with Gasteiger partial charge >= 0.3 is 0 Å². The number of anilines is 1. The fourth-order valence-corrected chi connectivity index (χ4v) is 5.04. The van der Waals surface area contributed by atoms with E-state index in [0.29, 0.717) is 17.2 Å². The first-order chi connectivity index (χ1) is 17.6. The summed E-state index contributed by atoms with van der Waals surface area (Å²) in [7, 11) is 0. The number of imidazole rings is 1. The Kier molecular flexibility index (Phi) is 6.98. The molecule has 1 aliphatic heterocycles. The third-order valence-corrected chi connectivity index (χ3v) is 7.23. The number of hydrogen-bond donors (Lipinski definition) is 1. The second-order valence-corrected chi connectivity index (χ2v) is 9.52. The first-order valence-electron chi connectivity index (χ1n) is 12.6. The molecule has 1 atom stereocenters. The molecule has 1 aliphatic rings. The van der Waals surface area contributed by atoms with Crippen LogP contribution in [0, 0.1) is 22.7 Å². The first kappa shape index (κ1) is 23.6. The van der Waals surface area contributed by atoms with E-state index in [9.17, 15) is 0 Å². The highest BCUT2D eigenvalue weighted by molar-refractivity contribution is 5.79. The zero-order valence-electron chi connectivity index (χ0n) is 20.6. The van der Waals surface area contributed by atoms with Gasteiger partial charge in [0.15, 0.2) is 0 Å². The van der Waals surface area contributed by atoms with Gasteiger partial charge in [-0.05, 0) is 73.7 Å². The summed E-state index contributed by atoms with van der Waals surface area (Å²) < 4.78 is 2.29. The van der Waals surface area contributed by atoms with E-state index in [2.05, 4.69) is 64.2 Å². The van der Waals surface area contributed by atoms with Crippen molar-refractivity contribution < 1.29 is 0 Å². The topological polar surface area (TPSA) is 80.7 Å². The van der Waals surface area contributed by atoms with Crippen LogP contribution in [-0.2, 0) is 6.42 Å². The van der Waals surface area contributed by atoms with Crippen molar-refractivity contribution in [2.45, 2.75) is 38.3 Å². The van der Waals surface area contributed by atoms with Crippen molar-refractivity contribution in [2.24, 2.45) is 0 Å². The fourth-order valence-electron chi connectivity index (χ4n) is 5.04. The number of rotatable bonds is 7. The molecule has 4 aromatic rings. The van der Waals surface area contributed by atoms with Gasteiger partial charge in [-0.2, -0.15) is 10.5 Å². The lowest BCUT2D eigenvalue weighted by molar-refractivity contribution is 0.221. The van der Waals surface area contributed by atoms with Crippen molar-refractivity contribution in [1.82, 2.24) is 14.5 Å². The van der Waals surface area contributed by atoms with E-state index < -0.39 is 0 Å². The van der Waals surface area contributed by atoms with E-state index in [1.807, 2.05) is 42.5 Å². The van der Waals surface area contributed by atoms with Crippen LogP contribution in [0.5, 0.6) is 0 Å². The molecule has 1 fully saturated rings. The largest absolute Gasteiger partial charge is 0.353 e. The maximum Gasteiger partial charge on any atom is 0.204 e. The maximum absolute atomic E-state index is 9.16. The van der Waals surface area contributed by atoms with E-state index in [4.69, 9.17) is 15.5 Å². The quantitative estimate of drug-likeness (QED) is 0.382. The molecule has 3 aromatic carbocycles. The molecule has 5 rings (SSSR count). The first-order valence-corrected chi connectivity index (χ1v) is 12.6. The molecule has 0 radical (unpaired) electrons. The highest BCUT2D eigenvalue weighted by Crippen LogP contribution is 2.30. The molecular formula is C30H30N6. The lowest BCUT2D eigenvalue weighted by Crippen LogP contribution is -2.40. The molecule has 2 heterocycles. The van der Waals surface area contributed by atoms with Gasteiger partial charge in [0.25, 0.3) is 0 Å². The summed E-state index contributed by atoms with van der Waals surface area (Å²) >= 11 is 0. The van der Waals surface area contributed by atoms with E-state index in [-0.39, 0.29) is 6.04 Å². The second kappa shape index (κ2) is 10.6. The van der Waals surface area contributed by atoms with E-state index in [1.165, 1.54) is 5.56 Å². The minimum Gasteiger partial charge on any atom is -0.353 e. The van der Waals surface area contributed by atoms with Crippen LogP contribution in [0.3, 0.4) is 0 Å². The van der Waals surface area contributed by atoms with Crippen LogP contribution in [0.2, 0.25) is 0 Å². The molecule has 36 heavy (non-hydrogen) atoms. The third kappa shape index (κ3) is 5.10. The van der Waals surface area contributed by atoms with Gasteiger partial charge in [-0.15, -0.1) is 0 Å². The van der Waals surface area contributed by atoms with Crippen LogP contribution in [0.4, 0.5) is 5.95 Å². The highest BCUT2D eigenvalue weighted by Gasteiger charge is 2.23. The Labute approximate surface area is 212 Å². The summed E-state index contributed by atoms with van der Waals surface area (Å²) in [6, 6.07) is 28.9. The Hall–Kier alpha value is -4.13. The Morgan fingerprint density at radius 3 is 2.22 bits per heavy atom. The SMILES string of the molecule is CC(c1ccc(C#N)cc1)n1c(NC2CCN(CCc3ccc(C#N)cc3)CC2)nc2ccccc21. The number of nitrogens with zero attached hydrogens (tertiary/aromatic N) is 5. The minimum absolute atomic E-state index is 0.0835. The van der Waals surface area contributed by atoms with Crippen molar-refractivity contribution in [3.63, 3.8) is 0 Å². The monoisotopic (exact) mass is 474 g/mol. The van der Waals surface area contributed by atoms with Gasteiger partial charge in [0.2, 0.25) is 5.95 Å². The predicted molar refractivity (Wildman–Crippen MR) is 143 cm³/mol. The molecule has 180 valence electrons. The molecule has 6 heteroatoms. The molecule has 6 nitrogen and oxygen atoms in total. The number of hydrogen-bond acceptors (Lipinski definition) is 5. The number of likely N-dealkylation sites (tertiary alicyclic amines) is 1. The maximum atomic E-state index is 9.16. The number of piperidine rings is 1. The van der Waals surface area contributed by atoms with Crippen LogP contribution < -0.4 is 5.32 Å². The van der Waals surface area contributed by atoms with Gasteiger partial charge in [0, 0.05) is 25.7 Å². The van der Waals surface area contributed by atoms with Gasteiger partial charge in [0.1, 0.15) is 0 Å². The lowest BCUT2D eigenvalue weighted by Gasteiger charge is -2.33. The van der Waals surface area contributed by atoms with Crippen LogP contribution in [-0.4, -0.2) is 40.1 Å². The van der Waals surface area contributed by atoms with Gasteiger partial charge in [0.05, 0.1) is 40.3 Å². The zero-order valence-corrected chi connectivity index (χ0v) is 20.6. The summed E-state index contributed by atoms with van der Waals surface area (Å²) in [5.41, 5.74) is 5.91. The number of benzene rings is 3. The molecule has 1 aromatic heterocycles. The third-order valence-electron chi connectivity index (χ3n) is 7.23.